The van der Waals surface area contributed by atoms with Crippen LogP contribution >= 0.6 is 11.3 Å². The number of para-hydroxylation sites is 1. The highest BCUT2D eigenvalue weighted by molar-refractivity contribution is 7.18. The van der Waals surface area contributed by atoms with Crippen molar-refractivity contribution in [3.05, 3.63) is 59.1 Å². The Morgan fingerprint density at radius 1 is 1.32 bits per heavy atom. The summed E-state index contributed by atoms with van der Waals surface area (Å²) in [7, 11) is 1.57. The van der Waals surface area contributed by atoms with Gasteiger partial charge in [0.1, 0.15) is 22.5 Å². The number of nitriles is 1. The van der Waals surface area contributed by atoms with Gasteiger partial charge in [0, 0.05) is 0 Å². The van der Waals surface area contributed by atoms with E-state index in [1.165, 1.54) is 16.3 Å². The molecule has 3 aromatic rings. The van der Waals surface area contributed by atoms with Gasteiger partial charge in [0.2, 0.25) is 5.91 Å². The smallest absolute Gasteiger partial charge is 0.246 e. The molecule has 0 spiro atoms. The number of hydrogen-bond donors (Lipinski definition) is 2. The minimum absolute atomic E-state index is 0.0154. The first kappa shape index (κ1) is 17.9. The quantitative estimate of drug-likeness (QED) is 0.694. The van der Waals surface area contributed by atoms with E-state index >= 15 is 0 Å². The average molecular weight is 391 g/mol. The largest absolute Gasteiger partial charge is 0.497 e. The van der Waals surface area contributed by atoms with Gasteiger partial charge in [0.25, 0.3) is 0 Å². The second-order valence-electron chi connectivity index (χ2n) is 6.38. The van der Waals surface area contributed by atoms with E-state index in [4.69, 9.17) is 10.1 Å². The third kappa shape index (κ3) is 3.17. The van der Waals surface area contributed by atoms with Crippen molar-refractivity contribution >= 4 is 33.3 Å². The zero-order valence-electron chi connectivity index (χ0n) is 15.0. The Morgan fingerprint density at radius 3 is 2.82 bits per heavy atom. The number of nitrogens with one attached hydrogen (secondary N) is 2. The Hall–Kier alpha value is -3.44. The highest BCUT2D eigenvalue weighted by Crippen LogP contribution is 2.40. The van der Waals surface area contributed by atoms with Gasteiger partial charge in [0.05, 0.1) is 35.9 Å². The highest BCUT2D eigenvalue weighted by Gasteiger charge is 2.38. The zero-order chi connectivity index (χ0) is 19.7. The van der Waals surface area contributed by atoms with Crippen molar-refractivity contribution in [2.24, 2.45) is 0 Å². The molecule has 140 valence electrons. The molecule has 0 saturated carbocycles. The first-order chi connectivity index (χ1) is 13.6. The number of carbonyl (C=O) groups excluding carboxylic acids is 1. The van der Waals surface area contributed by atoms with E-state index in [0.29, 0.717) is 10.8 Å². The van der Waals surface area contributed by atoms with Gasteiger partial charge in [0.15, 0.2) is 0 Å². The summed E-state index contributed by atoms with van der Waals surface area (Å²) in [6.07, 6.45) is -0.0154. The predicted molar refractivity (Wildman–Crippen MR) is 106 cm³/mol. The van der Waals surface area contributed by atoms with Crippen LogP contribution in [-0.2, 0) is 4.79 Å². The zero-order valence-corrected chi connectivity index (χ0v) is 15.9. The Bertz CT molecular complexity index is 1070. The maximum atomic E-state index is 11.9. The molecule has 2 heterocycles. The number of amides is 1. The van der Waals surface area contributed by atoms with Crippen molar-refractivity contribution in [2.45, 2.75) is 18.4 Å². The molecule has 1 fully saturated rings. The van der Waals surface area contributed by atoms with Crippen molar-refractivity contribution in [1.29, 1.82) is 10.7 Å². The molecule has 1 amide bonds. The summed E-state index contributed by atoms with van der Waals surface area (Å²) in [6, 6.07) is 16.8. The number of carbonyl (C=O) groups is 1. The summed E-state index contributed by atoms with van der Waals surface area (Å²) in [5, 5.41) is 20.4. The van der Waals surface area contributed by atoms with E-state index in [9.17, 15) is 10.1 Å². The van der Waals surface area contributed by atoms with Crippen molar-refractivity contribution in [3.63, 3.8) is 0 Å². The Morgan fingerprint density at radius 2 is 2.14 bits per heavy atom. The first-order valence-electron chi connectivity index (χ1n) is 8.66. The molecule has 7 nitrogen and oxygen atoms in total. The normalized spacial score (nSPS) is 15.9. The van der Waals surface area contributed by atoms with Gasteiger partial charge in [-0.25, -0.2) is 4.98 Å². The molecule has 8 heteroatoms. The number of ether oxygens (including phenoxy) is 1. The second kappa shape index (κ2) is 7.29. The molecule has 2 unspecified atom stereocenters. The lowest BCUT2D eigenvalue weighted by Crippen LogP contribution is -2.41. The summed E-state index contributed by atoms with van der Waals surface area (Å²) in [4.78, 5) is 16.5. The van der Waals surface area contributed by atoms with Gasteiger partial charge in [-0.3, -0.25) is 20.6 Å². The summed E-state index contributed by atoms with van der Waals surface area (Å²) in [5.41, 5.74) is 4.30. The molecular formula is C20H17N5O2S. The molecule has 0 radical (unpaired) electrons. The lowest BCUT2D eigenvalue weighted by atomic mass is 9.93. The molecule has 1 saturated heterocycles. The molecule has 1 aliphatic rings. The molecule has 1 aliphatic heterocycles. The number of methoxy groups -OCH3 is 1. The summed E-state index contributed by atoms with van der Waals surface area (Å²) in [5.74, 6) is -0.179. The van der Waals surface area contributed by atoms with Crippen LogP contribution in [0.3, 0.4) is 0 Å². The van der Waals surface area contributed by atoms with E-state index in [1.54, 1.807) is 7.11 Å². The number of benzene rings is 2. The topological polar surface area (TPSA) is 102 Å². The fraction of sp³-hybridized carbons (Fsp3) is 0.200. The molecule has 2 aromatic carbocycles. The number of thiazole rings is 1. The van der Waals surface area contributed by atoms with Crippen molar-refractivity contribution in [3.8, 4) is 11.8 Å². The monoisotopic (exact) mass is 391 g/mol. The number of hydrazine groups is 1. The number of hydrogen-bond acceptors (Lipinski definition) is 6. The van der Waals surface area contributed by atoms with Crippen LogP contribution < -0.4 is 10.2 Å². The fourth-order valence-electron chi connectivity index (χ4n) is 3.32. The molecule has 4 rings (SSSR count). The van der Waals surface area contributed by atoms with Crippen LogP contribution in [0.1, 0.15) is 29.0 Å². The van der Waals surface area contributed by atoms with Crippen LogP contribution in [0.15, 0.2) is 48.5 Å². The van der Waals surface area contributed by atoms with Crippen LogP contribution in [0.4, 0.5) is 0 Å². The summed E-state index contributed by atoms with van der Waals surface area (Å²) < 4.78 is 6.32. The van der Waals surface area contributed by atoms with Gasteiger partial charge >= 0.3 is 0 Å². The van der Waals surface area contributed by atoms with Gasteiger partial charge < -0.3 is 4.74 Å². The molecule has 0 bridgehead atoms. The van der Waals surface area contributed by atoms with Gasteiger partial charge in [-0.05, 0) is 29.8 Å². The van der Waals surface area contributed by atoms with Gasteiger partial charge in [-0.2, -0.15) is 5.26 Å². The fourth-order valence-corrected chi connectivity index (χ4v) is 4.36. The number of fused-ring (bicyclic) bond motifs is 1. The Balaban J connectivity index is 1.84. The van der Waals surface area contributed by atoms with E-state index in [2.05, 4.69) is 16.5 Å². The Labute approximate surface area is 165 Å². The minimum atomic E-state index is -0.678. The number of rotatable bonds is 5. The number of nitrogens with zero attached hydrogens (tertiary/aromatic N) is 3. The molecule has 28 heavy (non-hydrogen) atoms. The van der Waals surface area contributed by atoms with Crippen molar-refractivity contribution < 1.29 is 9.53 Å². The van der Waals surface area contributed by atoms with Crippen LogP contribution in [-0.4, -0.2) is 28.8 Å². The third-order valence-electron chi connectivity index (χ3n) is 4.61. The van der Waals surface area contributed by atoms with Crippen LogP contribution in [0.2, 0.25) is 0 Å². The number of amidine groups is 1. The highest BCUT2D eigenvalue weighted by atomic mass is 32.1. The molecular weight excluding hydrogens is 374 g/mol. The summed E-state index contributed by atoms with van der Waals surface area (Å²) in [6.45, 7) is 0. The Kier molecular flexibility index (Phi) is 4.67. The van der Waals surface area contributed by atoms with Crippen molar-refractivity contribution in [2.75, 3.05) is 7.11 Å². The van der Waals surface area contributed by atoms with E-state index < -0.39 is 12.0 Å². The minimum Gasteiger partial charge on any atom is -0.497 e. The van der Waals surface area contributed by atoms with Gasteiger partial charge in [-0.15, -0.1) is 11.3 Å². The predicted octanol–water partition coefficient (Wildman–Crippen LogP) is 3.37. The lowest BCUT2D eigenvalue weighted by molar-refractivity contribution is -0.121. The van der Waals surface area contributed by atoms with Crippen LogP contribution in [0.25, 0.3) is 10.2 Å². The SMILES string of the molecule is COc1cccc(C(C(C#N)c2nc3ccccc3s2)N2NC(=O)CC2=N)c1. The van der Waals surface area contributed by atoms with E-state index in [-0.39, 0.29) is 18.2 Å². The maximum Gasteiger partial charge on any atom is 0.246 e. The van der Waals surface area contributed by atoms with E-state index in [1.807, 2.05) is 48.5 Å². The molecule has 1 aromatic heterocycles. The molecule has 0 aliphatic carbocycles. The lowest BCUT2D eigenvalue weighted by Gasteiger charge is -2.31. The number of aromatic nitrogens is 1. The van der Waals surface area contributed by atoms with Crippen LogP contribution in [0, 0.1) is 16.7 Å². The summed E-state index contributed by atoms with van der Waals surface area (Å²) >= 11 is 1.45. The molecule has 2 atom stereocenters. The first-order valence-corrected chi connectivity index (χ1v) is 9.47. The van der Waals surface area contributed by atoms with Crippen molar-refractivity contribution in [1.82, 2.24) is 15.4 Å². The second-order valence-corrected chi connectivity index (χ2v) is 7.44. The standard InChI is InChI=1S/C20H17N5O2S/c1-27-13-6-4-5-12(9-13)19(25-17(22)10-18(26)24-25)14(11-21)20-23-15-7-2-3-8-16(15)28-20/h2-9,14,19,22H,10H2,1H3,(H,24,26). The average Bonchev–Trinajstić information content (AvgIpc) is 3.28. The maximum absolute atomic E-state index is 11.9. The van der Waals surface area contributed by atoms with Crippen LogP contribution in [0.5, 0.6) is 5.75 Å². The van der Waals surface area contributed by atoms with Gasteiger partial charge in [-0.1, -0.05) is 24.3 Å². The third-order valence-corrected chi connectivity index (χ3v) is 5.73. The van der Waals surface area contributed by atoms with E-state index in [0.717, 1.165) is 15.8 Å². The molecule has 2 N–H and O–H groups in total.